The number of amidine groups is 1. The molecule has 2 aromatic heterocycles. The Bertz CT molecular complexity index is 2570. The molecule has 71 heavy (non-hydrogen) atoms. The summed E-state index contributed by atoms with van der Waals surface area (Å²) < 4.78 is 15.8. The molecule has 4 aromatic rings. The first-order valence-corrected chi connectivity index (χ1v) is 25.6. The number of hydrogen-bond donors (Lipinski definition) is 9. The van der Waals surface area contributed by atoms with E-state index in [1.54, 1.807) is 38.3 Å². The van der Waals surface area contributed by atoms with Crippen LogP contribution in [0.3, 0.4) is 0 Å². The number of benzene rings is 2. The van der Waals surface area contributed by atoms with Gasteiger partial charge in [0.05, 0.1) is 51.5 Å². The van der Waals surface area contributed by atoms with Crippen molar-refractivity contribution in [3.63, 3.8) is 0 Å². The van der Waals surface area contributed by atoms with Gasteiger partial charge in [0.2, 0.25) is 11.8 Å². The molecule has 0 radical (unpaired) electrons. The van der Waals surface area contributed by atoms with Crippen LogP contribution in [-0.4, -0.2) is 138 Å². The molecule has 19 heteroatoms. The maximum atomic E-state index is 14.2. The number of halogens is 1. The predicted molar refractivity (Wildman–Crippen MR) is 277 cm³/mol. The highest BCUT2D eigenvalue weighted by Crippen LogP contribution is 2.36. The third kappa shape index (κ3) is 12.7. The highest BCUT2D eigenvalue weighted by molar-refractivity contribution is 7.13. The fourth-order valence-electron chi connectivity index (χ4n) is 10.0. The van der Waals surface area contributed by atoms with Crippen LogP contribution in [0.15, 0.2) is 59.8 Å². The van der Waals surface area contributed by atoms with E-state index in [9.17, 15) is 34.4 Å². The summed E-state index contributed by atoms with van der Waals surface area (Å²) >= 11 is 1.57. The van der Waals surface area contributed by atoms with Gasteiger partial charge in [0.25, 0.3) is 0 Å². The normalized spacial score (nSPS) is 19.8. The highest BCUT2D eigenvalue weighted by Gasteiger charge is 2.43. The van der Waals surface area contributed by atoms with Crippen molar-refractivity contribution in [2.24, 2.45) is 23.5 Å². The number of rotatable bonds is 17. The lowest BCUT2D eigenvalue weighted by molar-refractivity contribution is -0.142. The van der Waals surface area contributed by atoms with E-state index in [4.69, 9.17) is 16.2 Å². The van der Waals surface area contributed by atoms with E-state index in [-0.39, 0.29) is 66.5 Å². The van der Waals surface area contributed by atoms with Crippen molar-refractivity contribution >= 4 is 52.3 Å². The number of nitrogens with one attached hydrogen (secondary N) is 4. The molecule has 0 spiro atoms. The molecule has 2 amide bonds. The average Bonchev–Trinajstić information content (AvgIpc) is 4.04. The van der Waals surface area contributed by atoms with E-state index in [0.717, 1.165) is 73.1 Å². The molecule has 3 aliphatic heterocycles. The number of carbonyl (C=O) groups is 2. The van der Waals surface area contributed by atoms with Crippen molar-refractivity contribution in [2.45, 2.75) is 103 Å². The lowest BCUT2D eigenvalue weighted by Crippen LogP contribution is -2.49. The van der Waals surface area contributed by atoms with Gasteiger partial charge in [0.15, 0.2) is 5.82 Å². The van der Waals surface area contributed by atoms with E-state index in [2.05, 4.69) is 25.8 Å². The molecule has 3 fully saturated rings. The van der Waals surface area contributed by atoms with E-state index in [1.807, 2.05) is 67.1 Å². The van der Waals surface area contributed by atoms with Gasteiger partial charge < -0.3 is 56.8 Å². The molecule has 7 rings (SSSR count). The maximum absolute atomic E-state index is 14.2. The van der Waals surface area contributed by atoms with Crippen molar-refractivity contribution in [2.75, 3.05) is 63.5 Å². The minimum Gasteiger partial charge on any atom is -0.511 e. The third-order valence-electron chi connectivity index (χ3n) is 14.0. The van der Waals surface area contributed by atoms with Gasteiger partial charge in [-0.05, 0) is 94.5 Å². The Morgan fingerprint density at radius 1 is 1.06 bits per heavy atom. The molecule has 0 saturated carbocycles. The van der Waals surface area contributed by atoms with Crippen LogP contribution in [0.2, 0.25) is 0 Å². The fourth-order valence-corrected chi connectivity index (χ4v) is 10.8. The van der Waals surface area contributed by atoms with Crippen LogP contribution in [0, 0.1) is 35.9 Å². The second-order valence-electron chi connectivity index (χ2n) is 20.4. The van der Waals surface area contributed by atoms with Crippen molar-refractivity contribution in [1.82, 2.24) is 34.8 Å². The number of phenols is 1. The Morgan fingerprint density at radius 3 is 2.35 bits per heavy atom. The number of carbonyl (C=O) groups excluding carboxylic acids is 2. The smallest absolute Gasteiger partial charge is 0.243 e. The number of nitrogens with two attached hydrogens (primary N) is 1. The lowest BCUT2D eigenvalue weighted by Gasteiger charge is -2.38. The Balaban J connectivity index is 0.932. The number of aliphatic hydroxyl groups excluding tert-OH is 2. The van der Waals surface area contributed by atoms with Gasteiger partial charge in [-0.2, -0.15) is 5.10 Å². The summed E-state index contributed by atoms with van der Waals surface area (Å²) in [5.74, 6) is -2.19. The summed E-state index contributed by atoms with van der Waals surface area (Å²) in [5.41, 5.74) is 12.2. The number of phenolic OH excluding ortho intramolecular Hbond substituents is 1. The molecule has 17 nitrogen and oxygen atoms in total. The van der Waals surface area contributed by atoms with Crippen molar-refractivity contribution in [3.05, 3.63) is 88.1 Å². The summed E-state index contributed by atoms with van der Waals surface area (Å²) in [7, 11) is 1.78. The zero-order valence-corrected chi connectivity index (χ0v) is 42.8. The number of piperidine rings is 2. The summed E-state index contributed by atoms with van der Waals surface area (Å²) in [6.07, 6.45) is 5.62. The molecule has 4 atom stereocenters. The number of aliphatic hydroxyl groups is 3. The minimum absolute atomic E-state index is 0.0240. The summed E-state index contributed by atoms with van der Waals surface area (Å²) in [6, 6.07) is 10.4. The number of likely N-dealkylation sites (tertiary alicyclic amines) is 3. The first kappa shape index (κ1) is 52.8. The van der Waals surface area contributed by atoms with E-state index in [0.29, 0.717) is 41.8 Å². The van der Waals surface area contributed by atoms with Crippen molar-refractivity contribution < 1.29 is 34.4 Å². The van der Waals surface area contributed by atoms with Crippen LogP contribution in [-0.2, 0) is 9.59 Å². The zero-order chi connectivity index (χ0) is 51.3. The number of aromatic hydroxyl groups is 1. The monoisotopic (exact) mass is 998 g/mol. The van der Waals surface area contributed by atoms with Gasteiger partial charge in [-0.15, -0.1) is 11.3 Å². The molecule has 0 bridgehead atoms. The SMILES string of the molecule is CNc1c(NCC(C)(C)O)nn(C2CCN(CC3CCN(C(=N)/C=C(\O)C(C(=O)N4C[C@H](O)C[C@H]4C(=O)N[C@@H](C)c4ccc(-c5scnc5C)cc4)C(C)C)CC3)CC2)c1/C=C(\N)c1ccc(F)cc1O. The van der Waals surface area contributed by atoms with E-state index < -0.39 is 35.4 Å². The van der Waals surface area contributed by atoms with Gasteiger partial charge in [-0.3, -0.25) is 19.7 Å². The Labute approximate surface area is 420 Å². The molecule has 3 aliphatic rings. The van der Waals surface area contributed by atoms with Gasteiger partial charge in [0, 0.05) is 82.7 Å². The second kappa shape index (κ2) is 22.6. The third-order valence-corrected chi connectivity index (χ3v) is 15.0. The topological polar surface area (TPSA) is 241 Å². The highest BCUT2D eigenvalue weighted by atomic mass is 32.1. The van der Waals surface area contributed by atoms with Crippen LogP contribution < -0.4 is 21.7 Å². The van der Waals surface area contributed by atoms with Crippen molar-refractivity contribution in [1.29, 1.82) is 5.41 Å². The van der Waals surface area contributed by atoms with Crippen LogP contribution >= 0.6 is 11.3 Å². The van der Waals surface area contributed by atoms with Gasteiger partial charge in [-0.25, -0.2) is 9.37 Å². The van der Waals surface area contributed by atoms with Crippen LogP contribution in [0.4, 0.5) is 15.9 Å². The van der Waals surface area contributed by atoms with Gasteiger partial charge in [0.1, 0.15) is 34.9 Å². The summed E-state index contributed by atoms with van der Waals surface area (Å²) in [5, 5.41) is 66.7. The van der Waals surface area contributed by atoms with Crippen LogP contribution in [0.25, 0.3) is 22.2 Å². The molecular weight excluding hydrogens is 926 g/mol. The molecule has 10 N–H and O–H groups in total. The molecule has 5 heterocycles. The molecule has 0 aliphatic carbocycles. The van der Waals surface area contributed by atoms with E-state index in [1.165, 1.54) is 23.1 Å². The first-order valence-electron chi connectivity index (χ1n) is 24.7. The zero-order valence-electron chi connectivity index (χ0n) is 42.0. The maximum Gasteiger partial charge on any atom is 0.243 e. The summed E-state index contributed by atoms with van der Waals surface area (Å²) in [6.45, 7) is 14.9. The van der Waals surface area contributed by atoms with Gasteiger partial charge >= 0.3 is 0 Å². The largest absolute Gasteiger partial charge is 0.511 e. The number of aryl methyl sites for hydroxylation is 1. The average molecular weight is 998 g/mol. The number of β-amino-alcohol motifs (C(OH)–C–C–N with tert-alkyl or cyclic N) is 1. The molecule has 1 unspecified atom stereocenters. The fraction of sp³-hybridized carbons (Fsp3) is 0.519. The number of thiazole rings is 1. The molecule has 384 valence electrons. The Hall–Kier alpha value is -6.02. The number of nitrogens with zero attached hydrogens (tertiary/aromatic N) is 6. The first-order chi connectivity index (χ1) is 33.7. The molecular formula is C52H72FN11O6S. The van der Waals surface area contributed by atoms with Crippen molar-refractivity contribution in [3.8, 4) is 16.2 Å². The Morgan fingerprint density at radius 2 is 1.75 bits per heavy atom. The predicted octanol–water partition coefficient (Wildman–Crippen LogP) is 6.72. The number of hydrogen-bond acceptors (Lipinski definition) is 14. The number of anilines is 2. The molecule has 3 saturated heterocycles. The van der Waals surface area contributed by atoms with E-state index >= 15 is 0 Å². The second-order valence-corrected chi connectivity index (χ2v) is 21.2. The quantitative estimate of drug-likeness (QED) is 0.0304. The molecule has 2 aromatic carbocycles. The number of amides is 2. The standard InChI is InChI=1S/C52H72FN11O6S/c1-30(2)46(51(69)63-27-38(65)23-42(63)50(68)59-31(3)34-8-10-35(11-9-34)48-32(4)58-29-71-48)44(67)25-45(55)62-20-14-33(15-21-62)26-61-18-16-37(17-19-61)64-41(24-40(54)39-13-12-36(53)22-43(39)66)47(56-7)49(60-64)57-28-52(5,6)70/h8-13,22,24-25,29-31,33,37-38,42,46,55-56,65-67,70H,14-21,23,26-28,54H2,1-7H3,(H,57,60)(H,59,68)/b40-24-,44-25-,55-45?/t31-,38+,42-,46?/m0/s1. The Kier molecular flexibility index (Phi) is 16.8. The summed E-state index contributed by atoms with van der Waals surface area (Å²) in [4.78, 5) is 39.2. The van der Waals surface area contributed by atoms with Crippen LogP contribution in [0.1, 0.15) is 101 Å². The van der Waals surface area contributed by atoms with Gasteiger partial charge in [-0.1, -0.05) is 38.1 Å². The minimum atomic E-state index is -1.01. The number of aromatic nitrogens is 3. The van der Waals surface area contributed by atoms with Crippen LogP contribution in [0.5, 0.6) is 5.75 Å². The lowest BCUT2D eigenvalue weighted by atomic mass is 9.91.